The summed E-state index contributed by atoms with van der Waals surface area (Å²) in [5.41, 5.74) is 12.3. The zero-order valence-electron chi connectivity index (χ0n) is 9.32. The maximum atomic E-state index is 10.1. The van der Waals surface area contributed by atoms with E-state index in [-0.39, 0.29) is 9.76 Å². The molecule has 0 bridgehead atoms. The van der Waals surface area contributed by atoms with Crippen LogP contribution in [0.1, 0.15) is 19.3 Å². The topological polar surface area (TPSA) is 98.6 Å². The van der Waals surface area contributed by atoms with Gasteiger partial charge in [-0.05, 0) is 19.4 Å². The van der Waals surface area contributed by atoms with Crippen LogP contribution >= 0.6 is 0 Å². The Morgan fingerprint density at radius 3 is 2.53 bits per heavy atom. The molecule has 0 unspecified atom stereocenters. The van der Waals surface area contributed by atoms with Crippen LogP contribution < -0.4 is 11.5 Å². The minimum Gasteiger partial charge on any atom is -0.480 e. The van der Waals surface area contributed by atoms with Gasteiger partial charge in [-0.3, -0.25) is 4.79 Å². The summed E-state index contributed by atoms with van der Waals surface area (Å²) in [5.74, 6) is -0.933. The Labute approximate surface area is 96.4 Å². The van der Waals surface area contributed by atoms with Crippen molar-refractivity contribution in [1.82, 2.24) is 0 Å². The van der Waals surface area contributed by atoms with Crippen LogP contribution in [0.2, 0.25) is 0 Å². The van der Waals surface area contributed by atoms with Crippen molar-refractivity contribution >= 4 is 26.2 Å². The van der Waals surface area contributed by atoms with Crippen molar-refractivity contribution in [2.75, 3.05) is 6.54 Å². The van der Waals surface area contributed by atoms with E-state index in [1.165, 1.54) is 0 Å². The smallest absolute Gasteiger partial charge is 0.320 e. The fraction of sp³-hybridized carbons (Fsp3) is 0.625. The molecule has 0 amide bonds. The van der Waals surface area contributed by atoms with E-state index in [0.29, 0.717) is 13.0 Å². The van der Waals surface area contributed by atoms with Crippen molar-refractivity contribution in [3.05, 3.63) is 12.3 Å². The van der Waals surface area contributed by atoms with Gasteiger partial charge in [-0.25, -0.2) is 0 Å². The number of hydrogen-bond acceptors (Lipinski definition) is 4. The van der Waals surface area contributed by atoms with Crippen molar-refractivity contribution in [3.8, 4) is 0 Å². The van der Waals surface area contributed by atoms with Crippen molar-refractivity contribution in [3.63, 3.8) is 0 Å². The molecule has 0 fully saturated rings. The van der Waals surface area contributed by atoms with Crippen molar-refractivity contribution in [2.24, 2.45) is 11.5 Å². The number of nitrogens with two attached hydrogens (primary N) is 2. The van der Waals surface area contributed by atoms with Crippen LogP contribution in [0.3, 0.4) is 0 Å². The molecule has 0 aliphatic heterocycles. The number of carboxylic acid groups (broad SMARTS) is 1. The standard InChI is InChI=1S/C6H14N2O2.C2H8OSi2/c7-4-2-1-3-5(8)6(9)10;1-2-5-3-4/h5H,1-4,7-8H2,(H,9,10);2H,1,5H2,4H3/t5-;/m0./s1. The molecular weight excluding hydrogens is 228 g/mol. The second-order valence-electron chi connectivity index (χ2n) is 2.97. The minimum absolute atomic E-state index is 0.242. The Hall–Kier alpha value is -0.476. The molecule has 0 saturated carbocycles. The monoisotopic (exact) mass is 250 g/mol. The van der Waals surface area contributed by atoms with Gasteiger partial charge in [-0.1, -0.05) is 12.1 Å². The third kappa shape index (κ3) is 16.2. The highest BCUT2D eigenvalue weighted by Crippen LogP contribution is 1.96. The average Bonchev–Trinajstić information content (AvgIpc) is 2.20. The quantitative estimate of drug-likeness (QED) is 0.360. The Balaban J connectivity index is 0. The maximum Gasteiger partial charge on any atom is 0.320 e. The molecule has 0 rings (SSSR count). The Bertz CT molecular complexity index is 170. The highest BCUT2D eigenvalue weighted by Gasteiger charge is 2.09. The summed E-state index contributed by atoms with van der Waals surface area (Å²) in [4.78, 5) is 10.1. The normalized spacial score (nSPS) is 12.1. The van der Waals surface area contributed by atoms with E-state index in [1.807, 2.05) is 5.70 Å². The van der Waals surface area contributed by atoms with Gasteiger partial charge in [0.05, 0.1) is 0 Å². The molecule has 0 radical (unpaired) electrons. The van der Waals surface area contributed by atoms with E-state index in [1.54, 1.807) is 0 Å². The number of rotatable bonds is 7. The van der Waals surface area contributed by atoms with Crippen LogP contribution in [0.25, 0.3) is 0 Å². The van der Waals surface area contributed by atoms with Crippen LogP contribution in [0.4, 0.5) is 0 Å². The summed E-state index contributed by atoms with van der Waals surface area (Å²) in [6.07, 6.45) is 2.16. The Morgan fingerprint density at radius 1 is 1.67 bits per heavy atom. The first-order valence-corrected chi connectivity index (χ1v) is 7.09. The number of hydrogen-bond donors (Lipinski definition) is 3. The third-order valence-electron chi connectivity index (χ3n) is 1.57. The number of carbonyl (C=O) groups is 1. The molecule has 7 heteroatoms. The fourth-order valence-electron chi connectivity index (χ4n) is 0.750. The van der Waals surface area contributed by atoms with E-state index in [2.05, 4.69) is 6.58 Å². The van der Waals surface area contributed by atoms with Gasteiger partial charge in [-0.2, -0.15) is 0 Å². The summed E-state index contributed by atoms with van der Waals surface area (Å²) in [5, 5.41) is 8.33. The zero-order chi connectivity index (χ0) is 12.1. The predicted molar refractivity (Wildman–Crippen MR) is 68.3 cm³/mol. The lowest BCUT2D eigenvalue weighted by atomic mass is 10.1. The van der Waals surface area contributed by atoms with Crippen LogP contribution in [-0.2, 0) is 8.91 Å². The van der Waals surface area contributed by atoms with Gasteiger partial charge in [0.25, 0.3) is 0 Å². The molecule has 0 saturated heterocycles. The van der Waals surface area contributed by atoms with Crippen LogP contribution in [0.15, 0.2) is 12.3 Å². The summed E-state index contributed by atoms with van der Waals surface area (Å²) in [6, 6.07) is -0.716. The largest absolute Gasteiger partial charge is 0.480 e. The number of aliphatic carboxylic acids is 1. The zero-order valence-corrected chi connectivity index (χ0v) is 12.7. The molecule has 0 aromatic heterocycles. The molecule has 0 heterocycles. The predicted octanol–water partition coefficient (Wildman–Crippen LogP) is -1.96. The van der Waals surface area contributed by atoms with Crippen molar-refractivity contribution < 1.29 is 14.0 Å². The third-order valence-corrected chi connectivity index (χ3v) is 3.14. The molecule has 5 nitrogen and oxygen atoms in total. The SMILES string of the molecule is C=C[SiH2]O[SiH3].NCCCC[C@H](N)C(=O)O. The highest BCUT2D eigenvalue weighted by molar-refractivity contribution is 6.39. The molecular formula is C8H22N2O3Si2. The van der Waals surface area contributed by atoms with Gasteiger partial charge in [-0.15, -0.1) is 6.58 Å². The summed E-state index contributed by atoms with van der Waals surface area (Å²) in [6.45, 7) is 4.11. The number of carboxylic acids is 1. The first-order chi connectivity index (χ1) is 7.09. The molecule has 0 aromatic rings. The van der Waals surface area contributed by atoms with Gasteiger partial charge in [0.15, 0.2) is 9.76 Å². The molecule has 15 heavy (non-hydrogen) atoms. The van der Waals surface area contributed by atoms with Crippen LogP contribution in [0, 0.1) is 0 Å². The number of unbranched alkanes of at least 4 members (excludes halogenated alkanes) is 1. The minimum atomic E-state index is -0.933. The summed E-state index contributed by atoms with van der Waals surface area (Å²) >= 11 is 0. The molecule has 90 valence electrons. The molecule has 1 atom stereocenters. The lowest BCUT2D eigenvalue weighted by Crippen LogP contribution is -2.29. The second-order valence-corrected chi connectivity index (χ2v) is 6.19. The van der Waals surface area contributed by atoms with E-state index in [0.717, 1.165) is 23.3 Å². The maximum absolute atomic E-state index is 10.1. The van der Waals surface area contributed by atoms with Gasteiger partial charge < -0.3 is 20.7 Å². The second kappa shape index (κ2) is 13.5. The van der Waals surface area contributed by atoms with Crippen molar-refractivity contribution in [2.45, 2.75) is 25.3 Å². The van der Waals surface area contributed by atoms with Gasteiger partial charge >= 0.3 is 5.97 Å². The lowest BCUT2D eigenvalue weighted by molar-refractivity contribution is -0.138. The fourth-order valence-corrected chi connectivity index (χ4v) is 1.69. The first-order valence-electron chi connectivity index (χ1n) is 4.88. The van der Waals surface area contributed by atoms with Gasteiger partial charge in [0.1, 0.15) is 16.5 Å². The van der Waals surface area contributed by atoms with E-state index < -0.39 is 12.0 Å². The molecule has 0 aliphatic rings. The van der Waals surface area contributed by atoms with Gasteiger partial charge in [0, 0.05) is 0 Å². The van der Waals surface area contributed by atoms with E-state index >= 15 is 0 Å². The Kier molecular flexibility index (Phi) is 15.3. The molecule has 0 aliphatic carbocycles. The van der Waals surface area contributed by atoms with E-state index in [9.17, 15) is 4.79 Å². The summed E-state index contributed by atoms with van der Waals surface area (Å²) in [7, 11) is 0.647. The summed E-state index contributed by atoms with van der Waals surface area (Å²) < 4.78 is 4.85. The van der Waals surface area contributed by atoms with Crippen LogP contribution in [-0.4, -0.2) is 43.9 Å². The molecule has 5 N–H and O–H groups in total. The van der Waals surface area contributed by atoms with Crippen molar-refractivity contribution in [1.29, 1.82) is 0 Å². The van der Waals surface area contributed by atoms with Crippen LogP contribution in [0.5, 0.6) is 0 Å². The van der Waals surface area contributed by atoms with Gasteiger partial charge in [0.2, 0.25) is 0 Å². The molecule has 0 spiro atoms. The van der Waals surface area contributed by atoms with E-state index in [4.69, 9.17) is 20.7 Å². The highest BCUT2D eigenvalue weighted by atomic mass is 28.3. The Morgan fingerprint density at radius 2 is 2.27 bits per heavy atom. The lowest BCUT2D eigenvalue weighted by Gasteiger charge is -2.03. The average molecular weight is 250 g/mol. The first kappa shape index (κ1) is 16.9. The molecule has 0 aromatic carbocycles.